The summed E-state index contributed by atoms with van der Waals surface area (Å²) < 4.78 is 6.12. The number of hydrogen-bond donors (Lipinski definition) is 0. The van der Waals surface area contributed by atoms with Crippen LogP contribution in [0.15, 0.2) is 48.1 Å². The molecule has 3 saturated carbocycles. The number of carbonyl (C=O) groups is 1. The molecule has 4 aliphatic carbocycles. The molecule has 2 nitrogen and oxygen atoms in total. The lowest BCUT2D eigenvalue weighted by Gasteiger charge is -2.58. The van der Waals surface area contributed by atoms with E-state index in [4.69, 9.17) is 4.74 Å². The zero-order chi connectivity index (χ0) is 35.1. The molecule has 4 rings (SSSR count). The first-order valence-electron chi connectivity index (χ1n) is 21.5. The second-order valence-corrected chi connectivity index (χ2v) is 18.0. The molecule has 0 aromatic carbocycles. The Balaban J connectivity index is 1.11. The van der Waals surface area contributed by atoms with Crippen molar-refractivity contribution in [3.63, 3.8) is 0 Å². The molecular weight excluding hydrogens is 597 g/mol. The molecule has 0 aromatic heterocycles. The van der Waals surface area contributed by atoms with Crippen LogP contribution in [0.3, 0.4) is 0 Å². The molecule has 0 radical (unpaired) electrons. The van der Waals surface area contributed by atoms with Crippen LogP contribution in [0.1, 0.15) is 189 Å². The van der Waals surface area contributed by atoms with Crippen molar-refractivity contribution in [1.82, 2.24) is 0 Å². The molecule has 3 fully saturated rings. The minimum Gasteiger partial charge on any atom is -0.462 e. The van der Waals surface area contributed by atoms with Gasteiger partial charge < -0.3 is 4.74 Å². The molecule has 0 saturated heterocycles. The van der Waals surface area contributed by atoms with Crippen LogP contribution in [0.4, 0.5) is 0 Å². The van der Waals surface area contributed by atoms with Gasteiger partial charge in [0.15, 0.2) is 0 Å². The highest BCUT2D eigenvalue weighted by atomic mass is 16.5. The van der Waals surface area contributed by atoms with E-state index in [0.29, 0.717) is 17.3 Å². The summed E-state index contributed by atoms with van der Waals surface area (Å²) >= 11 is 0. The van der Waals surface area contributed by atoms with Gasteiger partial charge in [-0.15, -0.1) is 0 Å². The van der Waals surface area contributed by atoms with E-state index in [9.17, 15) is 4.79 Å². The highest BCUT2D eigenvalue weighted by molar-refractivity contribution is 5.69. The monoisotopic (exact) mass is 675 g/mol. The van der Waals surface area contributed by atoms with Crippen LogP contribution in [0.2, 0.25) is 0 Å². The Bertz CT molecular complexity index is 1090. The SMILES string of the molecule is CCCCC/C=C/C/C=C/C/C=C/CCCCCCC(=O)O[C@H]1CC[C@@]2(C)C(=CC[C@H]3[C@@H]4CC[C@H]([C@H](C)CCCC(C)C)[C@@]4(C)CC[C@@H]32)C1. The van der Waals surface area contributed by atoms with Crippen molar-refractivity contribution < 1.29 is 9.53 Å². The molecule has 49 heavy (non-hydrogen) atoms. The lowest BCUT2D eigenvalue weighted by atomic mass is 9.47. The molecule has 0 heterocycles. The van der Waals surface area contributed by atoms with Gasteiger partial charge in [-0.3, -0.25) is 4.79 Å². The molecule has 278 valence electrons. The van der Waals surface area contributed by atoms with Gasteiger partial charge in [0.05, 0.1) is 0 Å². The van der Waals surface area contributed by atoms with Gasteiger partial charge in [0.1, 0.15) is 6.10 Å². The van der Waals surface area contributed by atoms with Gasteiger partial charge in [0.25, 0.3) is 0 Å². The van der Waals surface area contributed by atoms with Crippen molar-refractivity contribution in [3.8, 4) is 0 Å². The number of esters is 1. The molecule has 0 unspecified atom stereocenters. The number of carbonyl (C=O) groups excluding carboxylic acids is 1. The van der Waals surface area contributed by atoms with Crippen molar-refractivity contribution >= 4 is 5.97 Å². The maximum Gasteiger partial charge on any atom is 0.306 e. The van der Waals surface area contributed by atoms with E-state index in [-0.39, 0.29) is 12.1 Å². The molecule has 8 atom stereocenters. The average Bonchev–Trinajstić information content (AvgIpc) is 3.43. The van der Waals surface area contributed by atoms with Crippen molar-refractivity contribution in [2.24, 2.45) is 46.3 Å². The predicted octanol–water partition coefficient (Wildman–Crippen LogP) is 14.3. The van der Waals surface area contributed by atoms with Crippen molar-refractivity contribution in [2.75, 3.05) is 0 Å². The number of unbranched alkanes of at least 4 members (excludes halogenated alkanes) is 7. The quantitative estimate of drug-likeness (QED) is 0.0688. The fraction of sp³-hybridized carbons (Fsp3) is 0.809. The molecule has 0 bridgehead atoms. The van der Waals surface area contributed by atoms with Crippen LogP contribution in [-0.2, 0) is 9.53 Å². The lowest BCUT2D eigenvalue weighted by molar-refractivity contribution is -0.151. The Labute approximate surface area is 304 Å². The number of allylic oxidation sites excluding steroid dienone is 7. The van der Waals surface area contributed by atoms with Gasteiger partial charge in [-0.1, -0.05) is 135 Å². The molecule has 0 N–H and O–H groups in total. The Kier molecular flexibility index (Phi) is 16.8. The summed E-state index contributed by atoms with van der Waals surface area (Å²) in [5, 5.41) is 0. The molecule has 4 aliphatic rings. The van der Waals surface area contributed by atoms with E-state index in [1.54, 1.807) is 5.57 Å². The zero-order valence-corrected chi connectivity index (χ0v) is 33.2. The third-order valence-corrected chi connectivity index (χ3v) is 14.1. The van der Waals surface area contributed by atoms with Crippen molar-refractivity contribution in [2.45, 2.75) is 195 Å². The lowest BCUT2D eigenvalue weighted by Crippen LogP contribution is -2.51. The van der Waals surface area contributed by atoms with Crippen LogP contribution < -0.4 is 0 Å². The first kappa shape index (κ1) is 40.2. The number of fused-ring (bicyclic) bond motifs is 5. The minimum atomic E-state index is 0.0401. The summed E-state index contributed by atoms with van der Waals surface area (Å²) in [6.45, 7) is 14.9. The third kappa shape index (κ3) is 11.5. The minimum absolute atomic E-state index is 0.0401. The summed E-state index contributed by atoms with van der Waals surface area (Å²) in [5.41, 5.74) is 2.51. The van der Waals surface area contributed by atoms with Crippen LogP contribution in [-0.4, -0.2) is 12.1 Å². The zero-order valence-electron chi connectivity index (χ0n) is 33.2. The highest BCUT2D eigenvalue weighted by Gasteiger charge is 2.59. The van der Waals surface area contributed by atoms with Crippen LogP contribution in [0.25, 0.3) is 0 Å². The molecule has 0 amide bonds. The first-order chi connectivity index (χ1) is 23.7. The first-order valence-corrected chi connectivity index (χ1v) is 21.5. The summed E-state index contributed by atoms with van der Waals surface area (Å²) in [5.74, 6) is 5.27. The van der Waals surface area contributed by atoms with E-state index in [0.717, 1.165) is 80.5 Å². The van der Waals surface area contributed by atoms with Gasteiger partial charge >= 0.3 is 5.97 Å². The fourth-order valence-electron chi connectivity index (χ4n) is 11.2. The van der Waals surface area contributed by atoms with Gasteiger partial charge in [0.2, 0.25) is 0 Å². The fourth-order valence-corrected chi connectivity index (χ4v) is 11.2. The summed E-state index contributed by atoms with van der Waals surface area (Å²) in [4.78, 5) is 12.8. The Morgan fingerprint density at radius 3 is 2.20 bits per heavy atom. The predicted molar refractivity (Wildman–Crippen MR) is 211 cm³/mol. The molecule has 0 aliphatic heterocycles. The summed E-state index contributed by atoms with van der Waals surface area (Å²) in [6, 6.07) is 0. The molecule has 0 spiro atoms. The summed E-state index contributed by atoms with van der Waals surface area (Å²) in [7, 11) is 0. The Morgan fingerprint density at radius 1 is 0.796 bits per heavy atom. The normalized spacial score (nSPS) is 32.1. The van der Waals surface area contributed by atoms with Crippen molar-refractivity contribution in [3.05, 3.63) is 48.1 Å². The Hall–Kier alpha value is -1.57. The average molecular weight is 675 g/mol. The molecular formula is C47H78O2. The number of rotatable bonds is 21. The number of hydrogen-bond acceptors (Lipinski definition) is 2. The van der Waals surface area contributed by atoms with E-state index in [1.807, 2.05) is 0 Å². The van der Waals surface area contributed by atoms with E-state index in [1.165, 1.54) is 96.3 Å². The maximum atomic E-state index is 12.8. The van der Waals surface area contributed by atoms with E-state index >= 15 is 0 Å². The summed E-state index contributed by atoms with van der Waals surface area (Å²) in [6.07, 6.45) is 44.6. The van der Waals surface area contributed by atoms with Crippen LogP contribution in [0.5, 0.6) is 0 Å². The second kappa shape index (κ2) is 20.5. The highest BCUT2D eigenvalue weighted by Crippen LogP contribution is 2.67. The van der Waals surface area contributed by atoms with Gasteiger partial charge in [0, 0.05) is 12.8 Å². The Morgan fingerprint density at radius 2 is 1.49 bits per heavy atom. The van der Waals surface area contributed by atoms with Gasteiger partial charge in [-0.25, -0.2) is 0 Å². The molecule has 2 heteroatoms. The third-order valence-electron chi connectivity index (χ3n) is 14.1. The smallest absolute Gasteiger partial charge is 0.306 e. The molecule has 0 aromatic rings. The van der Waals surface area contributed by atoms with Gasteiger partial charge in [-0.2, -0.15) is 0 Å². The number of ether oxygens (including phenoxy) is 1. The van der Waals surface area contributed by atoms with Crippen LogP contribution in [0, 0.1) is 46.3 Å². The van der Waals surface area contributed by atoms with Crippen LogP contribution >= 0.6 is 0 Å². The largest absolute Gasteiger partial charge is 0.462 e. The van der Waals surface area contributed by atoms with E-state index < -0.39 is 0 Å². The van der Waals surface area contributed by atoms with Gasteiger partial charge in [-0.05, 0) is 136 Å². The standard InChI is InChI=1S/C47H78O2/c1-7-8-9-10-11-12-13-14-15-16-17-18-19-20-21-22-23-27-45(48)49-40-32-34-46(5)39(36-40)28-29-41-43-31-30-42(38(4)26-24-25-37(2)3)47(43,6)35-33-44(41)46/h11-12,14-15,17-18,28,37-38,40-44H,7-10,13,16,19-27,29-36H2,1-6H3/b12-11+,15-14+,18-17+/t38-,40+,41+,42-,43+,44+,46+,47-/m1/s1. The van der Waals surface area contributed by atoms with E-state index in [2.05, 4.69) is 84.1 Å². The maximum absolute atomic E-state index is 12.8. The second-order valence-electron chi connectivity index (χ2n) is 18.0. The topological polar surface area (TPSA) is 26.3 Å². The van der Waals surface area contributed by atoms with Crippen molar-refractivity contribution in [1.29, 1.82) is 0 Å².